The van der Waals surface area contributed by atoms with Crippen LogP contribution >= 0.6 is 39.1 Å². The van der Waals surface area contributed by atoms with E-state index in [1.807, 2.05) is 0 Å². The first-order valence-corrected chi connectivity index (χ1v) is 6.52. The van der Waals surface area contributed by atoms with Gasteiger partial charge in [-0.3, -0.25) is 4.79 Å². The number of halogens is 3. The van der Waals surface area contributed by atoms with Gasteiger partial charge in [0, 0.05) is 15.6 Å². The van der Waals surface area contributed by atoms with Gasteiger partial charge in [-0.1, -0.05) is 39.1 Å². The lowest BCUT2D eigenvalue weighted by Crippen LogP contribution is -1.91. The summed E-state index contributed by atoms with van der Waals surface area (Å²) < 4.78 is 6.40. The van der Waals surface area contributed by atoms with E-state index < -0.39 is 0 Å². The maximum absolute atomic E-state index is 11.0. The van der Waals surface area contributed by atoms with E-state index in [2.05, 4.69) is 15.9 Å². The molecule has 0 heterocycles. The number of hydrogen-bond donors (Lipinski definition) is 0. The molecule has 5 heteroatoms. The Labute approximate surface area is 123 Å². The Morgan fingerprint density at radius 2 is 1.83 bits per heavy atom. The minimum Gasteiger partial charge on any atom is -0.455 e. The van der Waals surface area contributed by atoms with Crippen LogP contribution in [0.15, 0.2) is 40.9 Å². The Morgan fingerprint density at radius 3 is 2.56 bits per heavy atom. The lowest BCUT2D eigenvalue weighted by molar-refractivity contribution is 0.112. The van der Waals surface area contributed by atoms with Crippen molar-refractivity contribution in [3.05, 3.63) is 56.5 Å². The van der Waals surface area contributed by atoms with Gasteiger partial charge in [0.15, 0.2) is 6.29 Å². The van der Waals surface area contributed by atoms with Gasteiger partial charge in [-0.2, -0.15) is 0 Å². The minimum absolute atomic E-state index is 0.412. The third-order valence-corrected chi connectivity index (χ3v) is 3.25. The highest BCUT2D eigenvalue weighted by Gasteiger charge is 2.08. The molecule has 0 aliphatic heterocycles. The zero-order valence-electron chi connectivity index (χ0n) is 8.99. The Morgan fingerprint density at radius 1 is 1.06 bits per heavy atom. The summed E-state index contributed by atoms with van der Waals surface area (Å²) in [5, 5.41) is 0.943. The second-order valence-electron chi connectivity index (χ2n) is 3.48. The molecule has 2 aromatic carbocycles. The highest BCUT2D eigenvalue weighted by atomic mass is 79.9. The normalized spacial score (nSPS) is 10.2. The fourth-order valence-electron chi connectivity index (χ4n) is 1.38. The van der Waals surface area contributed by atoms with Crippen LogP contribution in [0, 0.1) is 0 Å². The standard InChI is InChI=1S/C13H7BrCl2O2/c14-9-1-4-12(8(5-9)7-17)18-13-6-10(15)2-3-11(13)16/h1-7H. The highest BCUT2D eigenvalue weighted by Crippen LogP contribution is 2.33. The van der Waals surface area contributed by atoms with Crippen molar-refractivity contribution >= 4 is 45.4 Å². The molecular weight excluding hydrogens is 339 g/mol. The summed E-state index contributed by atoms with van der Waals surface area (Å²) in [6, 6.07) is 10.0. The molecule has 0 amide bonds. The van der Waals surface area contributed by atoms with E-state index in [1.54, 1.807) is 36.4 Å². The van der Waals surface area contributed by atoms with Crippen LogP contribution in [0.4, 0.5) is 0 Å². The van der Waals surface area contributed by atoms with Crippen LogP contribution in [0.2, 0.25) is 10.0 Å². The van der Waals surface area contributed by atoms with E-state index in [9.17, 15) is 4.79 Å². The molecule has 0 bridgehead atoms. The molecule has 2 rings (SSSR count). The molecule has 0 aliphatic carbocycles. The Kier molecular flexibility index (Phi) is 4.27. The van der Waals surface area contributed by atoms with E-state index in [1.165, 1.54) is 0 Å². The van der Waals surface area contributed by atoms with Crippen LogP contribution in [0.5, 0.6) is 11.5 Å². The largest absolute Gasteiger partial charge is 0.455 e. The maximum Gasteiger partial charge on any atom is 0.153 e. The van der Waals surface area contributed by atoms with Gasteiger partial charge in [-0.05, 0) is 30.3 Å². The highest BCUT2D eigenvalue weighted by molar-refractivity contribution is 9.10. The molecule has 0 aliphatic rings. The second kappa shape index (κ2) is 5.74. The first-order valence-electron chi connectivity index (χ1n) is 4.98. The SMILES string of the molecule is O=Cc1cc(Br)ccc1Oc1cc(Cl)ccc1Cl. The molecule has 0 atom stereocenters. The number of aldehydes is 1. The van der Waals surface area contributed by atoms with Gasteiger partial charge in [0.05, 0.1) is 10.6 Å². The van der Waals surface area contributed by atoms with Crippen LogP contribution < -0.4 is 4.74 Å². The average Bonchev–Trinajstić information content (AvgIpc) is 2.36. The monoisotopic (exact) mass is 344 g/mol. The number of carbonyl (C=O) groups excluding carboxylic acids is 1. The molecule has 92 valence electrons. The van der Waals surface area contributed by atoms with Gasteiger partial charge >= 0.3 is 0 Å². The average molecular weight is 346 g/mol. The van der Waals surface area contributed by atoms with Gasteiger partial charge in [-0.15, -0.1) is 0 Å². The van der Waals surface area contributed by atoms with Crippen molar-refractivity contribution in [1.29, 1.82) is 0 Å². The van der Waals surface area contributed by atoms with Gasteiger partial charge < -0.3 is 4.74 Å². The third kappa shape index (κ3) is 3.05. The molecule has 0 aromatic heterocycles. The predicted molar refractivity (Wildman–Crippen MR) is 76.1 cm³/mol. The van der Waals surface area contributed by atoms with Crippen LogP contribution in [-0.2, 0) is 0 Å². The smallest absolute Gasteiger partial charge is 0.153 e. The van der Waals surface area contributed by atoms with E-state index in [0.717, 1.165) is 10.8 Å². The zero-order valence-corrected chi connectivity index (χ0v) is 12.1. The first kappa shape index (κ1) is 13.4. The van der Waals surface area contributed by atoms with E-state index >= 15 is 0 Å². The van der Waals surface area contributed by atoms with Gasteiger partial charge in [0.1, 0.15) is 11.5 Å². The van der Waals surface area contributed by atoms with Crippen LogP contribution in [0.25, 0.3) is 0 Å². The van der Waals surface area contributed by atoms with E-state index in [0.29, 0.717) is 27.1 Å². The maximum atomic E-state index is 11.0. The summed E-state index contributed by atoms with van der Waals surface area (Å²) in [6.07, 6.45) is 0.721. The third-order valence-electron chi connectivity index (χ3n) is 2.21. The lowest BCUT2D eigenvalue weighted by atomic mass is 10.2. The molecule has 2 aromatic rings. The molecule has 0 saturated carbocycles. The zero-order chi connectivity index (χ0) is 13.1. The van der Waals surface area contributed by atoms with Gasteiger partial charge in [-0.25, -0.2) is 0 Å². The van der Waals surface area contributed by atoms with Crippen molar-refractivity contribution in [1.82, 2.24) is 0 Å². The Hall–Kier alpha value is -1.03. The molecule has 2 nitrogen and oxygen atoms in total. The van der Waals surface area contributed by atoms with E-state index in [-0.39, 0.29) is 0 Å². The quantitative estimate of drug-likeness (QED) is 0.700. The van der Waals surface area contributed by atoms with Crippen molar-refractivity contribution < 1.29 is 9.53 Å². The molecular formula is C13H7BrCl2O2. The first-order chi connectivity index (χ1) is 8.60. The van der Waals surface area contributed by atoms with Crippen molar-refractivity contribution in [2.45, 2.75) is 0 Å². The number of benzene rings is 2. The summed E-state index contributed by atoms with van der Waals surface area (Å²) >= 11 is 15.1. The molecule has 0 radical (unpaired) electrons. The Balaban J connectivity index is 2.39. The predicted octanol–water partition coefficient (Wildman–Crippen LogP) is 5.36. The summed E-state index contributed by atoms with van der Waals surface area (Å²) in [7, 11) is 0. The summed E-state index contributed by atoms with van der Waals surface area (Å²) in [5.41, 5.74) is 0.431. The fraction of sp³-hybridized carbons (Fsp3) is 0. The molecule has 0 spiro atoms. The number of carbonyl (C=O) groups is 1. The fourth-order valence-corrected chi connectivity index (χ4v) is 2.08. The van der Waals surface area contributed by atoms with Crippen molar-refractivity contribution in [3.8, 4) is 11.5 Å². The van der Waals surface area contributed by atoms with Gasteiger partial charge in [0.2, 0.25) is 0 Å². The van der Waals surface area contributed by atoms with Gasteiger partial charge in [0.25, 0.3) is 0 Å². The topological polar surface area (TPSA) is 26.3 Å². The van der Waals surface area contributed by atoms with Crippen molar-refractivity contribution in [3.63, 3.8) is 0 Å². The molecule has 18 heavy (non-hydrogen) atoms. The molecule has 0 saturated heterocycles. The summed E-state index contributed by atoms with van der Waals surface area (Å²) in [5.74, 6) is 0.840. The van der Waals surface area contributed by atoms with Crippen molar-refractivity contribution in [2.75, 3.05) is 0 Å². The summed E-state index contributed by atoms with van der Waals surface area (Å²) in [4.78, 5) is 11.0. The number of hydrogen-bond acceptors (Lipinski definition) is 2. The molecule has 0 N–H and O–H groups in total. The summed E-state index contributed by atoms with van der Waals surface area (Å²) in [6.45, 7) is 0. The van der Waals surface area contributed by atoms with Crippen LogP contribution in [0.1, 0.15) is 10.4 Å². The van der Waals surface area contributed by atoms with Crippen molar-refractivity contribution in [2.24, 2.45) is 0 Å². The molecule has 0 unspecified atom stereocenters. The minimum atomic E-state index is 0.412. The van der Waals surface area contributed by atoms with E-state index in [4.69, 9.17) is 27.9 Å². The second-order valence-corrected chi connectivity index (χ2v) is 5.24. The van der Waals surface area contributed by atoms with Crippen LogP contribution in [0.3, 0.4) is 0 Å². The lowest BCUT2D eigenvalue weighted by Gasteiger charge is -2.10. The van der Waals surface area contributed by atoms with Crippen LogP contribution in [-0.4, -0.2) is 6.29 Å². The molecule has 0 fully saturated rings. The number of ether oxygens (including phenoxy) is 1. The Bertz CT molecular complexity index is 600. The number of rotatable bonds is 3.